The van der Waals surface area contributed by atoms with Gasteiger partial charge in [-0.15, -0.1) is 0 Å². The Morgan fingerprint density at radius 2 is 1.31 bits per heavy atom. The molecule has 8 rings (SSSR count). The van der Waals surface area contributed by atoms with Crippen LogP contribution in [0.25, 0.3) is 0 Å². The van der Waals surface area contributed by atoms with Gasteiger partial charge in [0.2, 0.25) is 0 Å². The number of aliphatic hydroxyl groups excluding tert-OH is 2. The Labute approximate surface area is 474 Å². The molecule has 0 aromatic heterocycles. The molecular weight excluding hydrogens is 996 g/mol. The van der Waals surface area contributed by atoms with Gasteiger partial charge < -0.3 is 24.3 Å². The first-order valence-corrected chi connectivity index (χ1v) is 34.2. The maximum atomic E-state index is 14.1. The maximum Gasteiger partial charge on any atom is 0.172 e. The summed E-state index contributed by atoms with van der Waals surface area (Å²) in [7, 11) is -3.75. The van der Waals surface area contributed by atoms with Crippen molar-refractivity contribution in [2.24, 2.45) is 46.3 Å². The summed E-state index contributed by atoms with van der Waals surface area (Å²) in [5, 5.41) is 31.8. The third-order valence-corrected chi connectivity index (χ3v) is 21.9. The fraction of sp³-hybridized carbons (Fsp3) is 0.557. The third-order valence-electron chi connectivity index (χ3n) is 17.9. The Morgan fingerprint density at radius 1 is 0.769 bits per heavy atom. The number of carbonyl (C=O) groups excluding carboxylic acids is 1. The van der Waals surface area contributed by atoms with Crippen LogP contribution in [0.15, 0.2) is 143 Å². The number of fused-ring (bicyclic) bond motifs is 2. The summed E-state index contributed by atoms with van der Waals surface area (Å²) in [5.74, 6) is 16.0. The van der Waals surface area contributed by atoms with Gasteiger partial charge in [-0.2, -0.15) is 0 Å². The molecule has 0 aliphatic heterocycles. The molecule has 0 amide bonds. The largest absolute Gasteiger partial charge is 0.405 e. The molecule has 10 atom stereocenters. The Balaban J connectivity index is 0.000000191. The second kappa shape index (κ2) is 27.0. The molecule has 4 saturated carbocycles. The molecule has 78 heavy (non-hydrogen) atoms. The van der Waals surface area contributed by atoms with Crippen LogP contribution < -0.4 is 10.6 Å². The smallest absolute Gasteiger partial charge is 0.172 e. The zero-order valence-corrected chi connectivity index (χ0v) is 51.9. The topological polar surface area (TPSA) is 104 Å². The van der Waals surface area contributed by atoms with Crippen LogP contribution in [0.3, 0.4) is 0 Å². The number of Topliss-reactive ketones (excluding diaryl/α,β-unsaturated/α-hetero) is 1. The van der Waals surface area contributed by atoms with Crippen LogP contribution in [-0.2, 0) is 13.8 Å². The zero-order valence-electron chi connectivity index (χ0n) is 49.9. The Hall–Kier alpha value is -4.30. The van der Waals surface area contributed by atoms with Crippen molar-refractivity contribution in [1.29, 1.82) is 0 Å². The standard InChI is InChI=1S/C27H38O3.C23H27OP.C20H32O2Si/c1-18(8-6-14-26(3,4)30)23-12-13-24-20(9-7-15-27(23,24)5)10-11-21-16-22(28)17-25(29)19(21)2;1-18-16-19(2)20(3)21(17-18)14-15-25(24,22-10-6-4-7-11-22)23-12-8-5-9-13-23;1-15(9-7-13-19(2,3)22-23(5)6)16-11-12-17-18(21)10-8-14-20(16,17)4/h10-12,18,22,24-25,28-30H,2,7-9,13,15-17H2,1,3-5H3;4-14,18-19H,3,15-17H2,1-2H3;11,15,17,23H,8-10,12,14H2,1-6H3/b20-10+,21-11-;21-14-;/t18-,22+,24?,25+,27-;18-,19+;15-,17?,20-/m111/s1. The average Bonchev–Trinajstić information content (AvgIpc) is 3.93. The summed E-state index contributed by atoms with van der Waals surface area (Å²) in [4.78, 5) is 12.2. The van der Waals surface area contributed by atoms with Gasteiger partial charge in [-0.3, -0.25) is 4.79 Å². The fourth-order valence-electron chi connectivity index (χ4n) is 13.9. The van der Waals surface area contributed by atoms with E-state index in [-0.39, 0.29) is 22.3 Å². The lowest BCUT2D eigenvalue weighted by Crippen LogP contribution is -2.36. The van der Waals surface area contributed by atoms with E-state index in [1.54, 1.807) is 13.8 Å². The Morgan fingerprint density at radius 3 is 1.87 bits per heavy atom. The lowest BCUT2D eigenvalue weighted by atomic mass is 9.62. The number of rotatable bonds is 11. The summed E-state index contributed by atoms with van der Waals surface area (Å²) in [6.07, 6.45) is 24.0. The van der Waals surface area contributed by atoms with E-state index >= 15 is 0 Å². The third kappa shape index (κ3) is 16.0. The van der Waals surface area contributed by atoms with Crippen molar-refractivity contribution in [2.75, 3.05) is 6.16 Å². The van der Waals surface area contributed by atoms with E-state index in [1.807, 2.05) is 60.7 Å². The quantitative estimate of drug-likeness (QED) is 0.0896. The number of benzene rings is 2. The number of allylic oxidation sites excluding steroid dienone is 10. The van der Waals surface area contributed by atoms with E-state index in [0.717, 1.165) is 79.5 Å². The van der Waals surface area contributed by atoms with Crippen LogP contribution in [0.2, 0.25) is 13.1 Å². The van der Waals surface area contributed by atoms with Crippen LogP contribution >= 0.6 is 7.14 Å². The van der Waals surface area contributed by atoms with Crippen molar-refractivity contribution in [3.8, 4) is 23.7 Å². The van der Waals surface area contributed by atoms with Crippen LogP contribution in [-0.4, -0.2) is 59.7 Å². The van der Waals surface area contributed by atoms with Gasteiger partial charge >= 0.3 is 0 Å². The van der Waals surface area contributed by atoms with Crippen molar-refractivity contribution in [3.63, 3.8) is 0 Å². The van der Waals surface area contributed by atoms with Gasteiger partial charge in [-0.05, 0) is 168 Å². The highest BCUT2D eigenvalue weighted by Gasteiger charge is 2.48. The molecule has 0 heterocycles. The first-order chi connectivity index (χ1) is 36.7. The molecule has 0 saturated heterocycles. The molecule has 6 nitrogen and oxygen atoms in total. The summed E-state index contributed by atoms with van der Waals surface area (Å²) in [6, 6.07) is 19.8. The highest BCUT2D eigenvalue weighted by Crippen LogP contribution is 2.57. The minimum absolute atomic E-state index is 0.0906. The predicted molar refractivity (Wildman–Crippen MR) is 331 cm³/mol. The lowest BCUT2D eigenvalue weighted by molar-refractivity contribution is -0.128. The molecule has 6 aliphatic rings. The molecule has 0 spiro atoms. The minimum atomic E-state index is -2.67. The predicted octanol–water partition coefficient (Wildman–Crippen LogP) is 14.9. The second-order valence-corrected chi connectivity index (χ2v) is 31.0. The molecule has 0 bridgehead atoms. The van der Waals surface area contributed by atoms with Gasteiger partial charge in [0.05, 0.1) is 12.2 Å². The van der Waals surface area contributed by atoms with Gasteiger partial charge in [0.1, 0.15) is 24.1 Å². The number of ketones is 1. The van der Waals surface area contributed by atoms with Crippen molar-refractivity contribution in [3.05, 3.63) is 143 Å². The van der Waals surface area contributed by atoms with E-state index in [2.05, 4.69) is 136 Å². The van der Waals surface area contributed by atoms with Crippen molar-refractivity contribution < 1.29 is 29.1 Å². The number of carbonyl (C=O) groups is 1. The van der Waals surface area contributed by atoms with Gasteiger partial charge in [-0.25, -0.2) is 0 Å². The summed E-state index contributed by atoms with van der Waals surface area (Å²) in [6.45, 7) is 34.0. The van der Waals surface area contributed by atoms with Gasteiger partial charge in [-0.1, -0.05) is 186 Å². The van der Waals surface area contributed by atoms with Gasteiger partial charge in [0, 0.05) is 48.4 Å². The highest BCUT2D eigenvalue weighted by molar-refractivity contribution is 7.78. The second-order valence-electron chi connectivity index (χ2n) is 25.8. The van der Waals surface area contributed by atoms with E-state index in [0.29, 0.717) is 54.4 Å². The van der Waals surface area contributed by atoms with Crippen LogP contribution in [0.1, 0.15) is 159 Å². The van der Waals surface area contributed by atoms with E-state index in [4.69, 9.17) is 4.43 Å². The van der Waals surface area contributed by atoms with Crippen LogP contribution in [0.5, 0.6) is 0 Å². The molecule has 3 N–H and O–H groups in total. The molecule has 0 radical (unpaired) electrons. The average molecular weight is 1090 g/mol. The SMILES string of the molecule is C=C1/C(=C\C=C2/CCC[C@]3(C)C([C@H](C)CC#CC(C)(C)O)=CCC23)C[C@H](O)C[C@@H]1O.C=C1/C(=C\CP(=O)(c2ccccc2)c2ccccc2)C[C@H](C)C[C@@H]1C.C[C@H](CC#CC(C)(C)O[SiH](C)C)C1=CCC2C(=O)CCC[C@]12C. The van der Waals surface area contributed by atoms with Crippen LogP contribution in [0.4, 0.5) is 0 Å². The molecule has 422 valence electrons. The van der Waals surface area contributed by atoms with Gasteiger partial charge in [0.25, 0.3) is 0 Å². The van der Waals surface area contributed by atoms with E-state index < -0.39 is 34.0 Å². The molecule has 2 aromatic rings. The van der Waals surface area contributed by atoms with E-state index in [9.17, 15) is 24.7 Å². The first kappa shape index (κ1) is 62.9. The number of hydrogen-bond acceptors (Lipinski definition) is 6. The highest BCUT2D eigenvalue weighted by atomic mass is 31.2. The summed E-state index contributed by atoms with van der Waals surface area (Å²) >= 11 is 0. The number of hydrogen-bond donors (Lipinski definition) is 3. The van der Waals surface area contributed by atoms with Crippen molar-refractivity contribution >= 4 is 32.6 Å². The summed E-state index contributed by atoms with van der Waals surface area (Å²) < 4.78 is 20.0. The maximum absolute atomic E-state index is 14.1. The summed E-state index contributed by atoms with van der Waals surface area (Å²) in [5.41, 5.74) is 7.71. The van der Waals surface area contributed by atoms with Crippen molar-refractivity contribution in [1.82, 2.24) is 0 Å². The monoisotopic (exact) mass is 1090 g/mol. The molecule has 8 heteroatoms. The molecule has 4 fully saturated rings. The minimum Gasteiger partial charge on any atom is -0.405 e. The lowest BCUT2D eigenvalue weighted by Gasteiger charge is -2.42. The molecule has 2 unspecified atom stereocenters. The van der Waals surface area contributed by atoms with Gasteiger partial charge in [0.15, 0.2) is 9.04 Å². The Bertz CT molecular complexity index is 2740. The first-order valence-electron chi connectivity index (χ1n) is 29.5. The van der Waals surface area contributed by atoms with E-state index in [1.165, 1.54) is 47.1 Å². The normalized spacial score (nSPS) is 29.6. The molecule has 2 aromatic carbocycles. The Kier molecular flexibility index (Phi) is 21.7. The zero-order chi connectivity index (χ0) is 57.2. The molecule has 6 aliphatic carbocycles. The number of aliphatic hydroxyl groups is 3. The fourth-order valence-corrected chi connectivity index (χ4v) is 17.6. The van der Waals surface area contributed by atoms with Crippen molar-refractivity contribution in [2.45, 2.75) is 196 Å². The van der Waals surface area contributed by atoms with Crippen LogP contribution in [0, 0.1) is 70.0 Å². The molecular formula is C70H97O6PSi.